The number of sulfone groups is 1. The van der Waals surface area contributed by atoms with Gasteiger partial charge in [-0.05, 0) is 54.3 Å². The third kappa shape index (κ3) is 5.72. The minimum absolute atomic E-state index is 0.0278. The van der Waals surface area contributed by atoms with Crippen molar-refractivity contribution in [1.29, 1.82) is 0 Å². The Morgan fingerprint density at radius 3 is 2.46 bits per heavy atom. The van der Waals surface area contributed by atoms with Crippen molar-refractivity contribution in [2.75, 3.05) is 45.1 Å². The number of piperidine rings is 1. The van der Waals surface area contributed by atoms with Crippen LogP contribution in [0.2, 0.25) is 5.02 Å². The van der Waals surface area contributed by atoms with Crippen LogP contribution in [0, 0.1) is 0 Å². The molecule has 3 amide bonds. The van der Waals surface area contributed by atoms with Gasteiger partial charge in [-0.3, -0.25) is 4.79 Å². The van der Waals surface area contributed by atoms with Crippen molar-refractivity contribution in [2.24, 2.45) is 0 Å². The van der Waals surface area contributed by atoms with Crippen LogP contribution in [0.25, 0.3) is 10.8 Å². The highest BCUT2D eigenvalue weighted by Crippen LogP contribution is 2.25. The normalized spacial score (nSPS) is 18.8. The van der Waals surface area contributed by atoms with Gasteiger partial charge >= 0.3 is 6.03 Å². The standard InChI is InChI=1S/C24H30ClN3O6S/c25-19-4-2-18-15-21(5-3-17(18)14-19)35(33,34)16-22(30)23(31)26-10-6-20(7-11-26)28-9-1-8-27(12-13-29)24(28)32/h2-5,14-15,20,22,29-30H,1,6-13,16H2/t22-/m1/s1. The molecule has 35 heavy (non-hydrogen) atoms. The number of rotatable bonds is 7. The molecule has 0 spiro atoms. The minimum atomic E-state index is -3.90. The highest BCUT2D eigenvalue weighted by Gasteiger charge is 2.36. The van der Waals surface area contributed by atoms with E-state index in [2.05, 4.69) is 0 Å². The highest BCUT2D eigenvalue weighted by molar-refractivity contribution is 7.91. The maximum absolute atomic E-state index is 12.9. The molecule has 2 heterocycles. The second kappa shape index (κ2) is 10.7. The van der Waals surface area contributed by atoms with Gasteiger partial charge in [0.15, 0.2) is 9.84 Å². The predicted molar refractivity (Wildman–Crippen MR) is 132 cm³/mol. The van der Waals surface area contributed by atoms with E-state index in [1.54, 1.807) is 34.1 Å². The fourth-order valence-corrected chi connectivity index (χ4v) is 6.36. The molecule has 2 aliphatic rings. The molecule has 0 aromatic heterocycles. The van der Waals surface area contributed by atoms with E-state index < -0.39 is 27.6 Å². The molecule has 2 fully saturated rings. The van der Waals surface area contributed by atoms with Crippen molar-refractivity contribution in [1.82, 2.24) is 14.7 Å². The Morgan fingerprint density at radius 1 is 1.06 bits per heavy atom. The summed E-state index contributed by atoms with van der Waals surface area (Å²) in [4.78, 5) is 30.4. The fourth-order valence-electron chi connectivity index (χ4n) is 4.84. The van der Waals surface area contributed by atoms with Crippen LogP contribution in [-0.4, -0.2) is 102 Å². The number of carbonyl (C=O) groups excluding carboxylic acids is 2. The number of aliphatic hydroxyl groups is 2. The lowest BCUT2D eigenvalue weighted by atomic mass is 10.0. The topological polar surface area (TPSA) is 118 Å². The third-order valence-electron chi connectivity index (χ3n) is 6.73. The van der Waals surface area contributed by atoms with Gasteiger partial charge in [-0.25, -0.2) is 13.2 Å². The van der Waals surface area contributed by atoms with Gasteiger partial charge in [-0.15, -0.1) is 0 Å². The lowest BCUT2D eigenvalue weighted by Crippen LogP contribution is -2.57. The van der Waals surface area contributed by atoms with Crippen molar-refractivity contribution < 1.29 is 28.2 Å². The molecule has 0 saturated carbocycles. The van der Waals surface area contributed by atoms with Gasteiger partial charge < -0.3 is 24.9 Å². The monoisotopic (exact) mass is 523 g/mol. The van der Waals surface area contributed by atoms with Crippen LogP contribution in [-0.2, 0) is 14.6 Å². The van der Waals surface area contributed by atoms with E-state index in [-0.39, 0.29) is 23.6 Å². The second-order valence-corrected chi connectivity index (χ2v) is 11.5. The first-order valence-electron chi connectivity index (χ1n) is 11.7. The van der Waals surface area contributed by atoms with Gasteiger partial charge in [0.25, 0.3) is 5.91 Å². The molecule has 2 aliphatic heterocycles. The molecule has 2 aromatic carbocycles. The number of hydrogen-bond acceptors (Lipinski definition) is 6. The van der Waals surface area contributed by atoms with Gasteiger partial charge in [0.05, 0.1) is 17.3 Å². The largest absolute Gasteiger partial charge is 0.395 e. The number of likely N-dealkylation sites (tertiary alicyclic amines) is 1. The van der Waals surface area contributed by atoms with E-state index in [1.165, 1.54) is 17.0 Å². The molecule has 0 aliphatic carbocycles. The van der Waals surface area contributed by atoms with E-state index in [4.69, 9.17) is 16.7 Å². The molecule has 2 aromatic rings. The summed E-state index contributed by atoms with van der Waals surface area (Å²) < 4.78 is 25.8. The zero-order valence-electron chi connectivity index (χ0n) is 19.3. The Bertz CT molecular complexity index is 1200. The van der Waals surface area contributed by atoms with E-state index in [9.17, 15) is 23.1 Å². The summed E-state index contributed by atoms with van der Waals surface area (Å²) in [6, 6.07) is 9.61. The average Bonchev–Trinajstić information content (AvgIpc) is 2.84. The van der Waals surface area contributed by atoms with E-state index in [0.29, 0.717) is 56.0 Å². The molecule has 0 bridgehead atoms. The summed E-state index contributed by atoms with van der Waals surface area (Å²) in [7, 11) is -3.90. The zero-order valence-corrected chi connectivity index (χ0v) is 20.9. The van der Waals surface area contributed by atoms with Crippen molar-refractivity contribution in [3.8, 4) is 0 Å². The number of benzene rings is 2. The molecule has 190 valence electrons. The molecule has 11 heteroatoms. The van der Waals surface area contributed by atoms with Crippen LogP contribution in [0.3, 0.4) is 0 Å². The Kier molecular flexibility index (Phi) is 7.85. The molecule has 0 radical (unpaired) electrons. The maximum Gasteiger partial charge on any atom is 0.320 e. The Balaban J connectivity index is 1.35. The fraction of sp³-hybridized carbons (Fsp3) is 0.500. The number of hydrogen-bond donors (Lipinski definition) is 2. The lowest BCUT2D eigenvalue weighted by Gasteiger charge is -2.43. The molecular formula is C24H30ClN3O6S. The van der Waals surface area contributed by atoms with E-state index >= 15 is 0 Å². The molecule has 9 nitrogen and oxygen atoms in total. The number of aliphatic hydroxyl groups excluding tert-OH is 2. The summed E-state index contributed by atoms with van der Waals surface area (Å²) >= 11 is 5.98. The van der Waals surface area contributed by atoms with Crippen LogP contribution in [0.15, 0.2) is 41.3 Å². The number of halogens is 1. The van der Waals surface area contributed by atoms with Gasteiger partial charge in [0.2, 0.25) is 0 Å². The van der Waals surface area contributed by atoms with Crippen LogP contribution in [0.4, 0.5) is 4.79 Å². The first-order chi connectivity index (χ1) is 16.7. The van der Waals surface area contributed by atoms with Crippen molar-refractivity contribution in [3.63, 3.8) is 0 Å². The Hall–Kier alpha value is -2.40. The van der Waals surface area contributed by atoms with Crippen LogP contribution in [0.1, 0.15) is 19.3 Å². The number of nitrogens with zero attached hydrogens (tertiary/aromatic N) is 3. The average molecular weight is 524 g/mol. The first kappa shape index (κ1) is 25.7. The van der Waals surface area contributed by atoms with E-state index in [1.807, 2.05) is 0 Å². The summed E-state index contributed by atoms with van der Waals surface area (Å²) in [5.41, 5.74) is 0. The van der Waals surface area contributed by atoms with Crippen LogP contribution < -0.4 is 0 Å². The molecule has 4 rings (SSSR count). The smallest absolute Gasteiger partial charge is 0.320 e. The molecule has 2 N–H and O–H groups in total. The summed E-state index contributed by atoms with van der Waals surface area (Å²) in [5.74, 6) is -1.32. The number of carbonyl (C=O) groups is 2. The van der Waals surface area contributed by atoms with Gasteiger partial charge in [-0.1, -0.05) is 23.7 Å². The number of urea groups is 1. The minimum Gasteiger partial charge on any atom is -0.395 e. The Morgan fingerprint density at radius 2 is 1.74 bits per heavy atom. The zero-order chi connectivity index (χ0) is 25.2. The third-order valence-corrected chi connectivity index (χ3v) is 8.69. The highest BCUT2D eigenvalue weighted by atomic mass is 35.5. The molecular weight excluding hydrogens is 494 g/mol. The van der Waals surface area contributed by atoms with E-state index in [0.717, 1.165) is 11.8 Å². The Labute approximate surface area is 209 Å². The summed E-state index contributed by atoms with van der Waals surface area (Å²) in [6.45, 7) is 2.15. The van der Waals surface area contributed by atoms with Crippen molar-refractivity contribution in [3.05, 3.63) is 41.4 Å². The molecule has 1 atom stereocenters. The number of amides is 3. The maximum atomic E-state index is 12.9. The van der Waals surface area contributed by atoms with Gasteiger partial charge in [-0.2, -0.15) is 0 Å². The van der Waals surface area contributed by atoms with Crippen molar-refractivity contribution >= 4 is 44.1 Å². The number of fused-ring (bicyclic) bond motifs is 1. The van der Waals surface area contributed by atoms with Crippen LogP contribution in [0.5, 0.6) is 0 Å². The SMILES string of the molecule is O=C([C@H](O)CS(=O)(=O)c1ccc2cc(Cl)ccc2c1)N1CCC(N2CCCN(CCO)C2=O)CC1. The number of β-amino-alcohol motifs (C(OH)–C–C–N with tert-alkyl or cyclic N) is 1. The lowest BCUT2D eigenvalue weighted by molar-refractivity contribution is -0.140. The van der Waals surface area contributed by atoms with Gasteiger partial charge in [0.1, 0.15) is 6.10 Å². The second-order valence-electron chi connectivity index (χ2n) is 9.05. The summed E-state index contributed by atoms with van der Waals surface area (Å²) in [5, 5.41) is 21.7. The van der Waals surface area contributed by atoms with Crippen LogP contribution >= 0.6 is 11.6 Å². The molecule has 2 saturated heterocycles. The summed E-state index contributed by atoms with van der Waals surface area (Å²) in [6.07, 6.45) is 0.256. The van der Waals surface area contributed by atoms with Gasteiger partial charge in [0, 0.05) is 43.8 Å². The predicted octanol–water partition coefficient (Wildman–Crippen LogP) is 1.74. The quantitative estimate of drug-likeness (QED) is 0.570. The molecule has 0 unspecified atom stereocenters. The first-order valence-corrected chi connectivity index (χ1v) is 13.8. The van der Waals surface area contributed by atoms with Crippen molar-refractivity contribution in [2.45, 2.75) is 36.3 Å².